The highest BCUT2D eigenvalue weighted by Crippen LogP contribution is 2.37. The summed E-state index contributed by atoms with van der Waals surface area (Å²) in [5.74, 6) is -4.37. The molecule has 1 aliphatic rings. The number of sulfone groups is 1. The van der Waals surface area contributed by atoms with E-state index in [1.165, 1.54) is 61.5 Å². The Balaban J connectivity index is 1.38. The number of aryl methyl sites for hydroxylation is 1. The first-order valence-corrected chi connectivity index (χ1v) is 27.5. The van der Waals surface area contributed by atoms with E-state index < -0.39 is 82.2 Å². The molecule has 0 radical (unpaired) electrons. The van der Waals surface area contributed by atoms with Crippen molar-refractivity contribution in [1.29, 1.82) is 0 Å². The molecule has 17 nitrogen and oxygen atoms in total. The SMILES string of the molecule is COc1c(F)cc(C(Nc2ccc3c(N(C(=O)OC(C)(C)C)C(=O)OC(C)(C)C)ncc(F)c3c2)C(=O)O)cc1CCC(=O)Nc1ccc(S(=O)(=O)C2CC2)c(CN(C)C(=O)OCC[Si](C)(C)C)c1. The molecule has 3 aromatic carbocycles. The molecular weight excluding hydrogens is 937 g/mol. The van der Waals surface area contributed by atoms with E-state index in [-0.39, 0.29) is 81.3 Å². The lowest BCUT2D eigenvalue weighted by molar-refractivity contribution is -0.138. The van der Waals surface area contributed by atoms with E-state index in [0.29, 0.717) is 17.7 Å². The average Bonchev–Trinajstić information content (AvgIpc) is 4.08. The van der Waals surface area contributed by atoms with Gasteiger partial charge in [-0.3, -0.25) is 4.79 Å². The lowest BCUT2D eigenvalue weighted by Crippen LogP contribution is -2.44. The number of aliphatic carboxylic acids is 1. The third-order valence-electron chi connectivity index (χ3n) is 10.5. The lowest BCUT2D eigenvalue weighted by atomic mass is 9.99. The number of anilines is 3. The normalized spacial score (nSPS) is 13.5. The van der Waals surface area contributed by atoms with E-state index in [1.54, 1.807) is 41.5 Å². The number of fused-ring (bicyclic) bond motifs is 1. The minimum Gasteiger partial charge on any atom is -0.493 e. The Morgan fingerprint density at radius 1 is 0.855 bits per heavy atom. The van der Waals surface area contributed by atoms with Crippen molar-refractivity contribution in [3.8, 4) is 5.75 Å². The fourth-order valence-corrected chi connectivity index (χ4v) is 9.57. The summed E-state index contributed by atoms with van der Waals surface area (Å²) >= 11 is 0. The summed E-state index contributed by atoms with van der Waals surface area (Å²) < 4.78 is 79.7. The maximum Gasteiger partial charge on any atom is 0.425 e. The molecule has 69 heavy (non-hydrogen) atoms. The molecule has 0 spiro atoms. The number of rotatable bonds is 17. The van der Waals surface area contributed by atoms with Crippen LogP contribution in [0, 0.1) is 11.6 Å². The van der Waals surface area contributed by atoms with Gasteiger partial charge in [-0.15, -0.1) is 0 Å². The van der Waals surface area contributed by atoms with Crippen molar-refractivity contribution < 1.29 is 65.2 Å². The summed E-state index contributed by atoms with van der Waals surface area (Å²) in [5, 5.41) is 15.2. The molecule has 3 N–H and O–H groups in total. The Morgan fingerprint density at radius 2 is 1.48 bits per heavy atom. The van der Waals surface area contributed by atoms with Crippen LogP contribution in [0.2, 0.25) is 25.7 Å². The number of carbonyl (C=O) groups excluding carboxylic acids is 4. The Morgan fingerprint density at radius 3 is 2.04 bits per heavy atom. The zero-order chi connectivity index (χ0) is 51.4. The molecule has 0 aliphatic heterocycles. The molecule has 1 atom stereocenters. The highest BCUT2D eigenvalue weighted by molar-refractivity contribution is 7.92. The molecule has 0 saturated heterocycles. The summed E-state index contributed by atoms with van der Waals surface area (Å²) in [5.41, 5.74) is -1.48. The van der Waals surface area contributed by atoms with Crippen molar-refractivity contribution in [3.05, 3.63) is 83.1 Å². The number of nitrogens with zero attached hydrogens (tertiary/aromatic N) is 3. The van der Waals surface area contributed by atoms with Crippen LogP contribution in [0.15, 0.2) is 59.6 Å². The van der Waals surface area contributed by atoms with Gasteiger partial charge in [-0.1, -0.05) is 19.6 Å². The standard InChI is InChI=1S/C48H61F2N5O12SSi/c1-47(2,3)66-45(60)55(46(61)67-48(4,5)6)42-34-17-13-32(25-35(34)37(50)26-51-42)53-40(43(57)58)29-22-28(41(64-8)36(49)24-29)12-19-39(56)52-31-14-18-38(68(62,63)33-15-16-33)30(23-31)27-54(7)44(59)65-20-21-69(9,10)11/h13-14,17-18,22-26,33,40,53H,12,15-16,19-21,27H2,1-11H3,(H,52,56)(H,57,58). The van der Waals surface area contributed by atoms with Crippen LogP contribution in [0.3, 0.4) is 0 Å². The van der Waals surface area contributed by atoms with Crippen molar-refractivity contribution in [2.45, 2.75) is 127 Å². The van der Waals surface area contributed by atoms with Crippen molar-refractivity contribution in [1.82, 2.24) is 9.88 Å². The highest BCUT2D eigenvalue weighted by Gasteiger charge is 2.39. The van der Waals surface area contributed by atoms with E-state index in [0.717, 1.165) is 18.3 Å². The number of benzene rings is 3. The van der Waals surface area contributed by atoms with Crippen LogP contribution in [0.25, 0.3) is 10.8 Å². The lowest BCUT2D eigenvalue weighted by Gasteiger charge is -2.28. The third-order valence-corrected chi connectivity index (χ3v) is 14.5. The van der Waals surface area contributed by atoms with Crippen molar-refractivity contribution in [2.75, 3.05) is 36.3 Å². The zero-order valence-corrected chi connectivity index (χ0v) is 42.6. The molecule has 1 unspecified atom stereocenters. The molecule has 1 aliphatic carbocycles. The van der Waals surface area contributed by atoms with Crippen LogP contribution in [0.4, 0.5) is 40.4 Å². The minimum atomic E-state index is -3.71. The molecule has 5 rings (SSSR count). The molecule has 4 aromatic rings. The third kappa shape index (κ3) is 14.3. The first kappa shape index (κ1) is 53.6. The number of carbonyl (C=O) groups is 5. The molecule has 1 saturated carbocycles. The van der Waals surface area contributed by atoms with Crippen LogP contribution in [0.1, 0.15) is 83.5 Å². The fraction of sp³-hybridized carbons (Fsp3) is 0.458. The number of nitrogens with one attached hydrogen (secondary N) is 2. The number of halogens is 2. The number of ether oxygens (including phenoxy) is 4. The molecule has 4 amide bonds. The number of hydrogen-bond donors (Lipinski definition) is 3. The van der Waals surface area contributed by atoms with Crippen LogP contribution in [-0.4, -0.2) is 98.9 Å². The van der Waals surface area contributed by atoms with Crippen LogP contribution in [0.5, 0.6) is 5.75 Å². The Kier molecular flexibility index (Phi) is 16.4. The molecule has 0 bridgehead atoms. The summed E-state index contributed by atoms with van der Waals surface area (Å²) in [6.45, 7) is 16.1. The van der Waals surface area contributed by atoms with Gasteiger partial charge in [0.25, 0.3) is 0 Å². The predicted molar refractivity (Wildman–Crippen MR) is 258 cm³/mol. The second kappa shape index (κ2) is 21.1. The van der Waals surface area contributed by atoms with Crippen molar-refractivity contribution in [3.63, 3.8) is 0 Å². The van der Waals surface area contributed by atoms with E-state index in [1.807, 2.05) is 0 Å². The summed E-state index contributed by atoms with van der Waals surface area (Å²) in [6.07, 6.45) is -1.49. The van der Waals surface area contributed by atoms with Crippen LogP contribution < -0.4 is 20.3 Å². The Bertz CT molecular complexity index is 2710. The van der Waals surface area contributed by atoms with Crippen LogP contribution >= 0.6 is 0 Å². The summed E-state index contributed by atoms with van der Waals surface area (Å²) in [4.78, 5) is 71.8. The van der Waals surface area contributed by atoms with Gasteiger partial charge in [0.1, 0.15) is 17.0 Å². The number of amides is 4. The molecule has 1 aromatic heterocycles. The predicted octanol–water partition coefficient (Wildman–Crippen LogP) is 9.85. The molecule has 374 valence electrons. The van der Waals surface area contributed by atoms with E-state index >= 15 is 8.78 Å². The van der Waals surface area contributed by atoms with Gasteiger partial charge >= 0.3 is 24.2 Å². The van der Waals surface area contributed by atoms with Gasteiger partial charge in [0.15, 0.2) is 33.3 Å². The second-order valence-corrected chi connectivity index (χ2v) is 27.8. The molecule has 1 heterocycles. The number of pyridine rings is 1. The molecule has 1 fully saturated rings. The Labute approximate surface area is 401 Å². The highest BCUT2D eigenvalue weighted by atomic mass is 32.2. The first-order chi connectivity index (χ1) is 32.0. The number of aromatic nitrogens is 1. The maximum absolute atomic E-state index is 15.7. The topological polar surface area (TPSA) is 220 Å². The number of carboxylic acids is 1. The van der Waals surface area contributed by atoms with E-state index in [9.17, 15) is 37.5 Å². The van der Waals surface area contributed by atoms with Gasteiger partial charge in [0, 0.05) is 43.7 Å². The van der Waals surface area contributed by atoms with Gasteiger partial charge < -0.3 is 39.6 Å². The second-order valence-electron chi connectivity index (χ2n) is 20.0. The van der Waals surface area contributed by atoms with Gasteiger partial charge in [0.2, 0.25) is 5.91 Å². The summed E-state index contributed by atoms with van der Waals surface area (Å²) in [6, 6.07) is 9.65. The van der Waals surface area contributed by atoms with Gasteiger partial charge in [-0.2, -0.15) is 4.90 Å². The minimum absolute atomic E-state index is 0.0316. The molecular formula is C48H61F2N5O12SSi. The number of methoxy groups -OCH3 is 1. The zero-order valence-electron chi connectivity index (χ0n) is 40.7. The average molecular weight is 998 g/mol. The van der Waals surface area contributed by atoms with Crippen molar-refractivity contribution >= 4 is 76.0 Å². The van der Waals surface area contributed by atoms with E-state index in [2.05, 4.69) is 35.3 Å². The van der Waals surface area contributed by atoms with Gasteiger partial charge in [-0.05, 0) is 132 Å². The van der Waals surface area contributed by atoms with Crippen molar-refractivity contribution in [2.24, 2.45) is 0 Å². The quantitative estimate of drug-likeness (QED) is 0.0662. The molecule has 21 heteroatoms. The maximum atomic E-state index is 15.7. The summed E-state index contributed by atoms with van der Waals surface area (Å²) in [7, 11) is -2.49. The van der Waals surface area contributed by atoms with Gasteiger partial charge in [-0.25, -0.2) is 41.4 Å². The number of imide groups is 1. The largest absolute Gasteiger partial charge is 0.493 e. The monoisotopic (exact) mass is 997 g/mol. The van der Waals surface area contributed by atoms with Crippen LogP contribution in [-0.2, 0) is 46.6 Å². The number of hydrogen-bond acceptors (Lipinski definition) is 13. The fourth-order valence-electron chi connectivity index (χ4n) is 7.00. The van der Waals surface area contributed by atoms with Gasteiger partial charge in [0.05, 0.1) is 36.6 Å². The number of carboxylic acid groups (broad SMARTS) is 1. The first-order valence-electron chi connectivity index (χ1n) is 22.2. The van der Waals surface area contributed by atoms with E-state index in [4.69, 9.17) is 18.9 Å². The Hall–Kier alpha value is -6.35. The smallest absolute Gasteiger partial charge is 0.425 e.